The molecular formula is H92Al12O28. The van der Waals surface area contributed by atoms with Crippen LogP contribution in [0.2, 0.25) is 0 Å². The van der Waals surface area contributed by atoms with Crippen LogP contribution in [0.25, 0.3) is 0 Å². The molecule has 0 aromatic carbocycles. The first-order valence-electron chi connectivity index (χ1n) is 0. The van der Waals surface area contributed by atoms with E-state index in [0.29, 0.717) is 0 Å². The molecule has 0 spiro atoms. The van der Waals surface area contributed by atoms with Crippen molar-refractivity contribution in [1.29, 1.82) is 0 Å². The first kappa shape index (κ1) is 3190. The zero-order chi connectivity index (χ0) is 0. The normalized spacial score (nSPS) is 0. The van der Waals surface area contributed by atoms with E-state index in [1.165, 1.54) is 0 Å². The third kappa shape index (κ3) is 2780. The minimum Gasteiger partial charge on any atom is -0.412 e. The van der Waals surface area contributed by atoms with E-state index >= 15 is 0 Å². The van der Waals surface area contributed by atoms with E-state index < -0.39 is 0 Å². The molecule has 0 aromatic rings. The third-order valence-corrected chi connectivity index (χ3v) is 0. The predicted octanol–water partition coefficient (Wildman–Crippen LogP) is -37.3. The summed E-state index contributed by atoms with van der Waals surface area (Å²) in [5.74, 6) is 0. The molecule has 40 heavy (non-hydrogen) atoms. The molecular weight excluding hydrogens is 772 g/mol. The highest BCUT2D eigenvalue weighted by atomic mass is 27.0. The maximum atomic E-state index is 0. The Morgan fingerprint density at radius 1 is 0.0500 bits per heavy atom. The summed E-state index contributed by atoms with van der Waals surface area (Å²) in [5.41, 5.74) is 0. The quantitative estimate of drug-likeness (QED) is 0.205. The molecule has 0 saturated carbocycles. The van der Waals surface area contributed by atoms with Crippen molar-refractivity contribution in [3.8, 4) is 0 Å². The van der Waals surface area contributed by atoms with Gasteiger partial charge in [-0.15, -0.1) is 0 Å². The topological polar surface area (TPSA) is 882 Å². The average Bonchev–Trinajstić information content (AvgIpc) is 0. The lowest BCUT2D eigenvalue weighted by molar-refractivity contribution is 0.823. The van der Waals surface area contributed by atoms with Gasteiger partial charge in [0.05, 0.1) is 0 Å². The van der Waals surface area contributed by atoms with E-state index in [9.17, 15) is 0 Å². The van der Waals surface area contributed by atoms with Gasteiger partial charge in [0, 0.05) is 0 Å². The van der Waals surface area contributed by atoms with Crippen molar-refractivity contribution < 1.29 is 153 Å². The van der Waals surface area contributed by atoms with Crippen LogP contribution in [-0.2, 0) is 0 Å². The van der Waals surface area contributed by atoms with Crippen LogP contribution in [0.1, 0.15) is 0 Å². The number of hydrogen-bond donors (Lipinski definition) is 0. The molecule has 0 heterocycles. The van der Waals surface area contributed by atoms with Crippen LogP contribution < -0.4 is 0 Å². The van der Waals surface area contributed by atoms with Gasteiger partial charge in [-0.1, -0.05) is 0 Å². The molecule has 0 amide bonds. The molecule has 56 N–H and O–H groups in total. The van der Waals surface area contributed by atoms with Crippen molar-refractivity contribution in [2.24, 2.45) is 0 Å². The molecule has 0 aliphatic rings. The Labute approximate surface area is 357 Å². The Bertz CT molecular complexity index is 35.3. The lowest BCUT2D eigenvalue weighted by Crippen LogP contribution is -0.382. The molecule has 0 atom stereocenters. The van der Waals surface area contributed by atoms with Gasteiger partial charge in [0.1, 0.15) is 0 Å². The Balaban J connectivity index is 0. The van der Waals surface area contributed by atoms with E-state index in [2.05, 4.69) is 0 Å². The second kappa shape index (κ2) is 2980. The summed E-state index contributed by atoms with van der Waals surface area (Å²) < 4.78 is 0. The van der Waals surface area contributed by atoms with Crippen LogP contribution >= 0.6 is 0 Å². The van der Waals surface area contributed by atoms with Crippen LogP contribution in [0.5, 0.6) is 0 Å². The standard InChI is InChI=1S/12Al.28H2O.36H/h;;;;;;;;;;;;28*1H2;;;;;;;;;;;;;;;;;;;;;;;;;;;;;;;;;;;;. The van der Waals surface area contributed by atoms with Gasteiger partial charge >= 0.3 is 0 Å². The zero-order valence-corrected chi connectivity index (χ0v) is 14.0. The lowest BCUT2D eigenvalue weighted by atomic mass is 16.0. The lowest BCUT2D eigenvalue weighted by Gasteiger charge is -0.413. The van der Waals surface area contributed by atoms with Gasteiger partial charge in [-0.2, -0.15) is 0 Å². The van der Waals surface area contributed by atoms with E-state index in [0.717, 1.165) is 0 Å². The summed E-state index contributed by atoms with van der Waals surface area (Å²) in [5, 5.41) is 0. The van der Waals surface area contributed by atoms with E-state index in [-0.39, 0.29) is 362 Å². The molecule has 0 radical (unpaired) electrons. The van der Waals surface area contributed by atoms with Crippen LogP contribution in [0.3, 0.4) is 0 Å². The van der Waals surface area contributed by atoms with Crippen molar-refractivity contribution in [1.82, 2.24) is 0 Å². The van der Waals surface area contributed by atoms with Gasteiger partial charge in [0.2, 0.25) is 0 Å². The van der Waals surface area contributed by atoms with Crippen molar-refractivity contribution in [2.75, 3.05) is 0 Å². The maximum Gasteiger partial charge on any atom is 0.187 e. The summed E-state index contributed by atoms with van der Waals surface area (Å²) in [6.45, 7) is 0. The molecule has 0 saturated heterocycles. The first-order valence-corrected chi connectivity index (χ1v) is 0. The van der Waals surface area contributed by atoms with Crippen LogP contribution in [0.4, 0.5) is 0 Å². The summed E-state index contributed by atoms with van der Waals surface area (Å²) in [6.07, 6.45) is 0. The largest absolute Gasteiger partial charge is 0.412 e. The van der Waals surface area contributed by atoms with Gasteiger partial charge in [-0.05, 0) is 0 Å². The van der Waals surface area contributed by atoms with E-state index in [1.807, 2.05) is 0 Å². The molecule has 0 fully saturated rings. The second-order valence-electron chi connectivity index (χ2n) is 0. The Kier molecular flexibility index (Phi) is 238000. The van der Waals surface area contributed by atoms with Gasteiger partial charge in [0.15, 0.2) is 208 Å². The fourth-order valence-electron chi connectivity index (χ4n) is 0. The van der Waals surface area contributed by atoms with Crippen LogP contribution in [0.15, 0.2) is 0 Å². The Morgan fingerprint density at radius 2 is 0.0500 bits per heavy atom. The molecule has 0 rings (SSSR count). The summed E-state index contributed by atoms with van der Waals surface area (Å²) in [4.78, 5) is 0. The van der Waals surface area contributed by atoms with Crippen molar-refractivity contribution >= 4 is 208 Å². The van der Waals surface area contributed by atoms with Crippen molar-refractivity contribution in [2.45, 2.75) is 0 Å². The minimum atomic E-state index is 0. The van der Waals surface area contributed by atoms with Crippen LogP contribution in [-0.4, -0.2) is 362 Å². The summed E-state index contributed by atoms with van der Waals surface area (Å²) in [6, 6.07) is 0. The summed E-state index contributed by atoms with van der Waals surface area (Å²) >= 11 is 0. The minimum absolute atomic E-state index is 0. The van der Waals surface area contributed by atoms with E-state index in [1.54, 1.807) is 0 Å². The van der Waals surface area contributed by atoms with Gasteiger partial charge in [0.25, 0.3) is 0 Å². The van der Waals surface area contributed by atoms with E-state index in [4.69, 9.17) is 0 Å². The Morgan fingerprint density at radius 3 is 0.0500 bits per heavy atom. The summed E-state index contributed by atoms with van der Waals surface area (Å²) in [7, 11) is 0. The fourth-order valence-corrected chi connectivity index (χ4v) is 0. The molecule has 40 heteroatoms. The molecule has 0 aliphatic carbocycles. The molecule has 28 nitrogen and oxygen atoms in total. The smallest absolute Gasteiger partial charge is 0.187 e. The van der Waals surface area contributed by atoms with Crippen LogP contribution in [0, 0.1) is 0 Å². The average molecular weight is 864 g/mol. The van der Waals surface area contributed by atoms with Crippen molar-refractivity contribution in [3.05, 3.63) is 0 Å². The van der Waals surface area contributed by atoms with Gasteiger partial charge in [-0.25, -0.2) is 0 Å². The molecule has 0 bridgehead atoms. The Hall–Kier alpha value is 5.27. The van der Waals surface area contributed by atoms with Gasteiger partial charge in [-0.3, -0.25) is 0 Å². The highest BCUT2D eigenvalue weighted by Crippen LogP contribution is -0.259. The number of rotatable bonds is 0. The zero-order valence-electron chi connectivity index (χ0n) is 14.0. The fraction of sp³-hybridized carbons (Fsp3) is 0. The predicted molar refractivity (Wildman–Crippen MR) is 220 cm³/mol. The second-order valence-corrected chi connectivity index (χ2v) is 0. The monoisotopic (exact) mass is 864 g/mol. The van der Waals surface area contributed by atoms with Crippen molar-refractivity contribution in [3.63, 3.8) is 0 Å². The SMILES string of the molecule is O.O.O.O.O.O.O.O.O.O.O.O.O.O.O.O.O.O.O.O.O.O.O.O.O.O.O.O.[AlH3].[AlH3].[AlH3].[AlH3].[AlH3].[AlH3].[AlH3].[AlH3].[AlH3].[AlH3].[AlH3].[AlH3]. The molecule has 296 valence electrons. The highest BCUT2D eigenvalue weighted by Gasteiger charge is 0.198. The third-order valence-electron chi connectivity index (χ3n) is 0. The van der Waals surface area contributed by atoms with Gasteiger partial charge < -0.3 is 153 Å². The number of hydrogen-bond acceptors (Lipinski definition) is 0. The molecule has 0 aliphatic heterocycles. The first-order chi connectivity index (χ1) is 0. The maximum absolute atomic E-state index is 0. The molecule has 0 unspecified atom stereocenters. The molecule has 0 aromatic heterocycles. The highest BCUT2D eigenvalue weighted by molar-refractivity contribution is 5.77.